The van der Waals surface area contributed by atoms with Gasteiger partial charge in [0.15, 0.2) is 0 Å². The summed E-state index contributed by atoms with van der Waals surface area (Å²) in [5.41, 5.74) is 1.97. The number of hydrogen-bond acceptors (Lipinski definition) is 4. The van der Waals surface area contributed by atoms with Gasteiger partial charge in [0, 0.05) is 10.9 Å². The van der Waals surface area contributed by atoms with Crippen LogP contribution in [0.2, 0.25) is 0 Å². The standard InChI is InChI=1S/C12H11NO2S/c1-15-12(14)7-11-13-10(8-16-11)9-5-3-2-4-6-9/h2-6,8H,7H2,1H3. The van der Waals surface area contributed by atoms with Crippen LogP contribution in [0.15, 0.2) is 35.7 Å². The van der Waals surface area contributed by atoms with Crippen molar-refractivity contribution in [3.05, 3.63) is 40.7 Å². The molecule has 2 aromatic rings. The second-order valence-corrected chi connectivity index (χ2v) is 4.19. The van der Waals surface area contributed by atoms with Crippen LogP contribution in [0.5, 0.6) is 0 Å². The van der Waals surface area contributed by atoms with Gasteiger partial charge in [-0.25, -0.2) is 4.98 Å². The van der Waals surface area contributed by atoms with E-state index in [4.69, 9.17) is 0 Å². The van der Waals surface area contributed by atoms with Crippen molar-refractivity contribution in [1.29, 1.82) is 0 Å². The van der Waals surface area contributed by atoms with E-state index in [-0.39, 0.29) is 12.4 Å². The highest BCUT2D eigenvalue weighted by atomic mass is 32.1. The summed E-state index contributed by atoms with van der Waals surface area (Å²) in [4.78, 5) is 15.5. The van der Waals surface area contributed by atoms with Gasteiger partial charge in [-0.05, 0) is 0 Å². The van der Waals surface area contributed by atoms with E-state index in [1.165, 1.54) is 18.4 Å². The summed E-state index contributed by atoms with van der Waals surface area (Å²) in [6.45, 7) is 0. The molecule has 0 atom stereocenters. The molecule has 16 heavy (non-hydrogen) atoms. The van der Waals surface area contributed by atoms with E-state index in [2.05, 4.69) is 9.72 Å². The third-order valence-electron chi connectivity index (χ3n) is 2.14. The van der Waals surface area contributed by atoms with Gasteiger partial charge in [0.1, 0.15) is 5.01 Å². The fourth-order valence-corrected chi connectivity index (χ4v) is 2.12. The molecule has 0 fully saturated rings. The maximum atomic E-state index is 11.1. The lowest BCUT2D eigenvalue weighted by Gasteiger charge is -1.95. The molecular formula is C12H11NO2S. The van der Waals surface area contributed by atoms with E-state index in [0.29, 0.717) is 0 Å². The van der Waals surface area contributed by atoms with Crippen LogP contribution in [-0.2, 0) is 16.0 Å². The number of nitrogens with zero attached hydrogens (tertiary/aromatic N) is 1. The van der Waals surface area contributed by atoms with Crippen molar-refractivity contribution in [3.8, 4) is 11.3 Å². The predicted octanol–water partition coefficient (Wildman–Crippen LogP) is 2.53. The van der Waals surface area contributed by atoms with Gasteiger partial charge in [-0.15, -0.1) is 11.3 Å². The van der Waals surface area contributed by atoms with Gasteiger partial charge in [-0.2, -0.15) is 0 Å². The molecule has 1 aromatic carbocycles. The summed E-state index contributed by atoms with van der Waals surface area (Å²) in [6, 6.07) is 9.89. The average Bonchev–Trinajstić information content (AvgIpc) is 2.78. The maximum Gasteiger partial charge on any atom is 0.312 e. The Morgan fingerprint density at radius 1 is 1.38 bits per heavy atom. The molecule has 0 aliphatic rings. The van der Waals surface area contributed by atoms with E-state index >= 15 is 0 Å². The Hall–Kier alpha value is -1.68. The first kappa shape index (κ1) is 10.8. The van der Waals surface area contributed by atoms with Gasteiger partial charge in [-0.3, -0.25) is 4.79 Å². The highest BCUT2D eigenvalue weighted by Crippen LogP contribution is 2.21. The molecule has 0 aliphatic heterocycles. The molecule has 1 heterocycles. The molecular weight excluding hydrogens is 222 g/mol. The Morgan fingerprint density at radius 3 is 2.81 bits per heavy atom. The lowest BCUT2D eigenvalue weighted by atomic mass is 10.2. The molecule has 3 nitrogen and oxygen atoms in total. The number of ether oxygens (including phenoxy) is 1. The zero-order chi connectivity index (χ0) is 11.4. The average molecular weight is 233 g/mol. The smallest absolute Gasteiger partial charge is 0.312 e. The van der Waals surface area contributed by atoms with E-state index < -0.39 is 0 Å². The molecule has 0 N–H and O–H groups in total. The quantitative estimate of drug-likeness (QED) is 0.765. The summed E-state index contributed by atoms with van der Waals surface area (Å²) in [5.74, 6) is -0.256. The fraction of sp³-hybridized carbons (Fsp3) is 0.167. The van der Waals surface area contributed by atoms with Gasteiger partial charge < -0.3 is 4.74 Å². The Bertz CT molecular complexity index is 479. The van der Waals surface area contributed by atoms with E-state index in [9.17, 15) is 4.79 Å². The van der Waals surface area contributed by atoms with Crippen LogP contribution >= 0.6 is 11.3 Å². The van der Waals surface area contributed by atoms with Crippen molar-refractivity contribution in [2.45, 2.75) is 6.42 Å². The summed E-state index contributed by atoms with van der Waals surface area (Å²) in [7, 11) is 1.38. The van der Waals surface area contributed by atoms with Crippen LogP contribution in [0.1, 0.15) is 5.01 Å². The van der Waals surface area contributed by atoms with Crippen LogP contribution in [-0.4, -0.2) is 18.1 Å². The lowest BCUT2D eigenvalue weighted by Crippen LogP contribution is -2.03. The number of carbonyl (C=O) groups is 1. The van der Waals surface area contributed by atoms with Crippen molar-refractivity contribution in [2.24, 2.45) is 0 Å². The molecule has 0 saturated carbocycles. The molecule has 0 radical (unpaired) electrons. The second-order valence-electron chi connectivity index (χ2n) is 3.25. The van der Waals surface area contributed by atoms with Crippen molar-refractivity contribution < 1.29 is 9.53 Å². The Kier molecular flexibility index (Phi) is 3.31. The Balaban J connectivity index is 2.17. The zero-order valence-corrected chi connectivity index (χ0v) is 9.66. The van der Waals surface area contributed by atoms with E-state index in [1.54, 1.807) is 0 Å². The largest absolute Gasteiger partial charge is 0.469 e. The third kappa shape index (κ3) is 2.46. The number of aromatic nitrogens is 1. The van der Waals surface area contributed by atoms with Crippen LogP contribution in [0.3, 0.4) is 0 Å². The molecule has 4 heteroatoms. The maximum absolute atomic E-state index is 11.1. The first-order valence-electron chi connectivity index (χ1n) is 4.86. The van der Waals surface area contributed by atoms with Gasteiger partial charge in [0.05, 0.1) is 19.2 Å². The van der Waals surface area contributed by atoms with Gasteiger partial charge in [0.2, 0.25) is 0 Å². The van der Waals surface area contributed by atoms with Gasteiger partial charge >= 0.3 is 5.97 Å². The number of hydrogen-bond donors (Lipinski definition) is 0. The number of rotatable bonds is 3. The molecule has 0 spiro atoms. The van der Waals surface area contributed by atoms with Crippen molar-refractivity contribution >= 4 is 17.3 Å². The summed E-state index contributed by atoms with van der Waals surface area (Å²) in [6.07, 6.45) is 0.244. The molecule has 0 aliphatic carbocycles. The number of benzene rings is 1. The first-order chi connectivity index (χ1) is 7.79. The minimum absolute atomic E-state index is 0.244. The number of methoxy groups -OCH3 is 1. The highest BCUT2D eigenvalue weighted by molar-refractivity contribution is 7.10. The summed E-state index contributed by atoms with van der Waals surface area (Å²) in [5, 5.41) is 2.74. The number of esters is 1. The Labute approximate surface area is 97.7 Å². The van der Waals surface area contributed by atoms with Crippen LogP contribution < -0.4 is 0 Å². The Morgan fingerprint density at radius 2 is 2.12 bits per heavy atom. The number of carbonyl (C=O) groups excluding carboxylic acids is 1. The molecule has 1 aromatic heterocycles. The van der Waals surface area contributed by atoms with Crippen molar-refractivity contribution in [1.82, 2.24) is 4.98 Å². The molecule has 82 valence electrons. The van der Waals surface area contributed by atoms with Crippen LogP contribution in [0.25, 0.3) is 11.3 Å². The SMILES string of the molecule is COC(=O)Cc1nc(-c2ccccc2)cs1. The fourth-order valence-electron chi connectivity index (χ4n) is 1.33. The molecule has 0 bridgehead atoms. The van der Waals surface area contributed by atoms with E-state index in [1.807, 2.05) is 35.7 Å². The third-order valence-corrected chi connectivity index (χ3v) is 2.99. The topological polar surface area (TPSA) is 39.2 Å². The summed E-state index contributed by atoms with van der Waals surface area (Å²) < 4.78 is 4.60. The van der Waals surface area contributed by atoms with Crippen LogP contribution in [0.4, 0.5) is 0 Å². The molecule has 0 amide bonds. The van der Waals surface area contributed by atoms with E-state index in [0.717, 1.165) is 16.3 Å². The van der Waals surface area contributed by atoms with Crippen molar-refractivity contribution in [3.63, 3.8) is 0 Å². The van der Waals surface area contributed by atoms with Crippen molar-refractivity contribution in [2.75, 3.05) is 7.11 Å². The second kappa shape index (κ2) is 4.90. The normalized spacial score (nSPS) is 10.1. The monoisotopic (exact) mass is 233 g/mol. The summed E-state index contributed by atoms with van der Waals surface area (Å²) >= 11 is 1.48. The van der Waals surface area contributed by atoms with Gasteiger partial charge in [0.25, 0.3) is 0 Å². The highest BCUT2D eigenvalue weighted by Gasteiger charge is 2.08. The minimum atomic E-state index is -0.256. The van der Waals surface area contributed by atoms with Gasteiger partial charge in [-0.1, -0.05) is 30.3 Å². The molecule has 0 unspecified atom stereocenters. The first-order valence-corrected chi connectivity index (χ1v) is 5.74. The molecule has 0 saturated heterocycles. The molecule has 2 rings (SSSR count). The number of thiazole rings is 1. The minimum Gasteiger partial charge on any atom is -0.469 e. The predicted molar refractivity (Wildman–Crippen MR) is 63.3 cm³/mol. The zero-order valence-electron chi connectivity index (χ0n) is 8.84. The van der Waals surface area contributed by atoms with Crippen LogP contribution in [0, 0.1) is 0 Å². The lowest BCUT2D eigenvalue weighted by molar-refractivity contribution is -0.139.